The zero-order valence-electron chi connectivity index (χ0n) is 8.34. The zero-order valence-corrected chi connectivity index (χ0v) is 9.16. The summed E-state index contributed by atoms with van der Waals surface area (Å²) in [5.74, 6) is 1.98. The average Bonchev–Trinajstić information content (AvgIpc) is 2.01. The lowest BCUT2D eigenvalue weighted by atomic mass is 10.2. The highest BCUT2D eigenvalue weighted by Crippen LogP contribution is 2.03. The largest absolute Gasteiger partial charge is 0.387 e. The molecule has 2 N–H and O–H groups in total. The molecule has 2 nitrogen and oxygen atoms in total. The second-order valence-corrected chi connectivity index (χ2v) is 3.99. The van der Waals surface area contributed by atoms with Crippen molar-refractivity contribution in [3.8, 4) is 0 Å². The van der Waals surface area contributed by atoms with Gasteiger partial charge in [-0.2, -0.15) is 11.8 Å². The fraction of sp³-hybridized carbons (Fsp3) is 0.889. The Balaban J connectivity index is 3.63. The topological polar surface area (TPSA) is 38.4 Å². The van der Waals surface area contributed by atoms with Crippen LogP contribution in [0.5, 0.6) is 0 Å². The molecule has 1 unspecified atom stereocenters. The number of thioether (sulfide) groups is 1. The summed E-state index contributed by atoms with van der Waals surface area (Å²) < 4.78 is 0. The third-order valence-corrected chi connectivity index (χ3v) is 2.28. The van der Waals surface area contributed by atoms with Gasteiger partial charge in [-0.1, -0.05) is 6.92 Å². The van der Waals surface area contributed by atoms with Crippen LogP contribution < -0.4 is 5.73 Å². The van der Waals surface area contributed by atoms with Gasteiger partial charge in [0.2, 0.25) is 0 Å². The van der Waals surface area contributed by atoms with Gasteiger partial charge in [-0.25, -0.2) is 0 Å². The van der Waals surface area contributed by atoms with Crippen LogP contribution in [0.4, 0.5) is 0 Å². The monoisotopic (exact) mass is 188 g/mol. The molecule has 12 heavy (non-hydrogen) atoms. The van der Waals surface area contributed by atoms with Crippen LogP contribution in [0.2, 0.25) is 0 Å². The van der Waals surface area contributed by atoms with Gasteiger partial charge >= 0.3 is 0 Å². The second-order valence-electron chi connectivity index (χ2n) is 3.00. The third-order valence-electron chi connectivity index (χ3n) is 1.63. The number of hydrogen-bond donors (Lipinski definition) is 1. The number of aliphatic imine (C=N–C) groups is 1. The van der Waals surface area contributed by atoms with E-state index < -0.39 is 0 Å². The number of rotatable bonds is 6. The molecule has 0 heterocycles. The van der Waals surface area contributed by atoms with E-state index in [0.29, 0.717) is 6.04 Å². The van der Waals surface area contributed by atoms with Gasteiger partial charge in [-0.3, -0.25) is 4.99 Å². The average molecular weight is 188 g/mol. The Kier molecular flexibility index (Phi) is 7.36. The summed E-state index contributed by atoms with van der Waals surface area (Å²) in [6, 6.07) is 0.393. The summed E-state index contributed by atoms with van der Waals surface area (Å²) >= 11 is 1.86. The van der Waals surface area contributed by atoms with Crippen molar-refractivity contribution in [2.24, 2.45) is 10.7 Å². The Hall–Kier alpha value is -0.180. The van der Waals surface area contributed by atoms with E-state index in [9.17, 15) is 0 Å². The van der Waals surface area contributed by atoms with Crippen LogP contribution in [-0.4, -0.2) is 23.9 Å². The van der Waals surface area contributed by atoms with Crippen LogP contribution in [0.1, 0.15) is 33.1 Å². The van der Waals surface area contributed by atoms with E-state index in [1.807, 2.05) is 11.8 Å². The third kappa shape index (κ3) is 6.53. The van der Waals surface area contributed by atoms with Crippen LogP contribution in [0.25, 0.3) is 0 Å². The van der Waals surface area contributed by atoms with Crippen molar-refractivity contribution in [1.29, 1.82) is 0 Å². The first-order valence-electron chi connectivity index (χ1n) is 4.51. The summed E-state index contributed by atoms with van der Waals surface area (Å²) in [4.78, 5) is 4.39. The van der Waals surface area contributed by atoms with Crippen molar-refractivity contribution >= 4 is 17.6 Å². The highest BCUT2D eigenvalue weighted by atomic mass is 32.2. The Labute approximate surface area is 80.0 Å². The zero-order chi connectivity index (χ0) is 9.40. The summed E-state index contributed by atoms with van der Waals surface area (Å²) in [7, 11) is 0. The van der Waals surface area contributed by atoms with Crippen molar-refractivity contribution in [1.82, 2.24) is 0 Å². The van der Waals surface area contributed by atoms with E-state index in [0.717, 1.165) is 25.1 Å². The first kappa shape index (κ1) is 11.8. The highest BCUT2D eigenvalue weighted by molar-refractivity contribution is 7.98. The Morgan fingerprint density at radius 1 is 1.58 bits per heavy atom. The van der Waals surface area contributed by atoms with E-state index in [1.165, 1.54) is 5.75 Å². The van der Waals surface area contributed by atoms with Gasteiger partial charge in [0.1, 0.15) is 0 Å². The lowest BCUT2D eigenvalue weighted by Crippen LogP contribution is -2.15. The van der Waals surface area contributed by atoms with Gasteiger partial charge in [0.15, 0.2) is 0 Å². The minimum Gasteiger partial charge on any atom is -0.387 e. The van der Waals surface area contributed by atoms with E-state index in [4.69, 9.17) is 5.73 Å². The quantitative estimate of drug-likeness (QED) is 0.513. The van der Waals surface area contributed by atoms with Crippen LogP contribution in [0.3, 0.4) is 0 Å². The molecule has 0 aromatic heterocycles. The molecule has 0 radical (unpaired) electrons. The molecule has 1 atom stereocenters. The lowest BCUT2D eigenvalue weighted by molar-refractivity contribution is 0.718. The number of nitrogens with zero attached hydrogens (tertiary/aromatic N) is 1. The maximum Gasteiger partial charge on any atom is 0.0940 e. The molecule has 0 saturated heterocycles. The predicted molar refractivity (Wildman–Crippen MR) is 59.0 cm³/mol. The maximum atomic E-state index is 5.70. The number of hydrogen-bond acceptors (Lipinski definition) is 2. The van der Waals surface area contributed by atoms with Gasteiger partial charge < -0.3 is 5.73 Å². The minimum atomic E-state index is 0.393. The Bertz CT molecular complexity index is 134. The summed E-state index contributed by atoms with van der Waals surface area (Å²) in [5.41, 5.74) is 5.70. The molecule has 0 rings (SSSR count). The van der Waals surface area contributed by atoms with E-state index in [2.05, 4.69) is 25.1 Å². The molecule has 0 fully saturated rings. The van der Waals surface area contributed by atoms with Crippen LogP contribution in [0.15, 0.2) is 4.99 Å². The van der Waals surface area contributed by atoms with Crippen LogP contribution >= 0.6 is 11.8 Å². The van der Waals surface area contributed by atoms with Crippen molar-refractivity contribution in [3.05, 3.63) is 0 Å². The molecule has 3 heteroatoms. The maximum absolute atomic E-state index is 5.70. The van der Waals surface area contributed by atoms with Gasteiger partial charge in [0.05, 0.1) is 5.84 Å². The predicted octanol–water partition coefficient (Wildman–Crippen LogP) is 2.29. The van der Waals surface area contributed by atoms with Gasteiger partial charge in [-0.05, 0) is 31.8 Å². The molecule has 0 amide bonds. The van der Waals surface area contributed by atoms with Crippen LogP contribution in [-0.2, 0) is 0 Å². The van der Waals surface area contributed by atoms with Crippen molar-refractivity contribution in [2.45, 2.75) is 39.2 Å². The molecule has 0 aromatic carbocycles. The summed E-state index contributed by atoms with van der Waals surface area (Å²) in [6.45, 7) is 4.24. The van der Waals surface area contributed by atoms with Crippen molar-refractivity contribution < 1.29 is 0 Å². The molecule has 0 spiro atoms. The molecular weight excluding hydrogens is 168 g/mol. The first-order valence-corrected chi connectivity index (χ1v) is 5.91. The summed E-state index contributed by atoms with van der Waals surface area (Å²) in [5, 5.41) is 0. The molecule has 0 aromatic rings. The molecule has 0 aliphatic rings. The standard InChI is InChI=1S/C9H20N2S/c1-4-5-9(10)11-8(2)6-7-12-3/h8H,4-7H2,1-3H3,(H2,10,11). The number of amidine groups is 1. The van der Waals surface area contributed by atoms with Crippen molar-refractivity contribution in [3.63, 3.8) is 0 Å². The number of nitrogens with two attached hydrogens (primary N) is 1. The lowest BCUT2D eigenvalue weighted by Gasteiger charge is -2.06. The first-order chi connectivity index (χ1) is 5.70. The molecule has 0 aliphatic carbocycles. The highest BCUT2D eigenvalue weighted by Gasteiger charge is 1.99. The SMILES string of the molecule is CCCC(N)=NC(C)CCSC. The van der Waals surface area contributed by atoms with E-state index >= 15 is 0 Å². The fourth-order valence-electron chi connectivity index (χ4n) is 0.957. The van der Waals surface area contributed by atoms with Gasteiger partial charge in [0, 0.05) is 12.5 Å². The van der Waals surface area contributed by atoms with Gasteiger partial charge in [0.25, 0.3) is 0 Å². The van der Waals surface area contributed by atoms with Crippen LogP contribution in [0, 0.1) is 0 Å². The molecule has 0 saturated carbocycles. The molecule has 72 valence electrons. The van der Waals surface area contributed by atoms with Crippen molar-refractivity contribution in [2.75, 3.05) is 12.0 Å². The van der Waals surface area contributed by atoms with E-state index in [-0.39, 0.29) is 0 Å². The summed E-state index contributed by atoms with van der Waals surface area (Å²) in [6.07, 6.45) is 5.27. The molecule has 0 bridgehead atoms. The fourth-order valence-corrected chi connectivity index (χ4v) is 1.53. The smallest absolute Gasteiger partial charge is 0.0940 e. The normalized spacial score (nSPS) is 14.8. The molecular formula is C9H20N2S. The molecule has 0 aliphatic heterocycles. The Morgan fingerprint density at radius 2 is 2.25 bits per heavy atom. The minimum absolute atomic E-state index is 0.393. The second kappa shape index (κ2) is 7.47. The van der Waals surface area contributed by atoms with Gasteiger partial charge in [-0.15, -0.1) is 0 Å². The Morgan fingerprint density at radius 3 is 2.75 bits per heavy atom. The van der Waals surface area contributed by atoms with E-state index in [1.54, 1.807) is 0 Å².